The van der Waals surface area contributed by atoms with Crippen LogP contribution in [-0.4, -0.2) is 66.5 Å². The average Bonchev–Trinajstić information content (AvgIpc) is 3.13. The van der Waals surface area contributed by atoms with Crippen molar-refractivity contribution in [1.29, 1.82) is 0 Å². The van der Waals surface area contributed by atoms with Crippen LogP contribution < -0.4 is 19.1 Å². The van der Waals surface area contributed by atoms with Crippen molar-refractivity contribution in [3.63, 3.8) is 0 Å². The summed E-state index contributed by atoms with van der Waals surface area (Å²) in [4.78, 5) is 15.7. The third-order valence-corrected chi connectivity index (χ3v) is 11.3. The summed E-state index contributed by atoms with van der Waals surface area (Å²) < 4.78 is 48.8. The van der Waals surface area contributed by atoms with Crippen LogP contribution in [0.4, 0.5) is 5.69 Å². The monoisotopic (exact) mass is 657 g/mol. The molecule has 9 nitrogen and oxygen atoms in total. The minimum atomic E-state index is -4.08. The molecule has 2 heterocycles. The van der Waals surface area contributed by atoms with Gasteiger partial charge >= 0.3 is 10.2 Å². The predicted molar refractivity (Wildman–Crippen MR) is 175 cm³/mol. The fourth-order valence-electron chi connectivity index (χ4n) is 7.48. The number of amides is 1. The Kier molecular flexibility index (Phi) is 9.78. The summed E-state index contributed by atoms with van der Waals surface area (Å²) in [5, 5.41) is 0.741. The van der Waals surface area contributed by atoms with Crippen LogP contribution in [-0.2, 0) is 31.5 Å². The van der Waals surface area contributed by atoms with Crippen molar-refractivity contribution in [3.05, 3.63) is 70.3 Å². The zero-order valence-corrected chi connectivity index (χ0v) is 27.7. The second kappa shape index (κ2) is 13.6. The minimum Gasteiger partial charge on any atom is -0.490 e. The van der Waals surface area contributed by atoms with E-state index in [9.17, 15) is 13.2 Å². The molecule has 1 fully saturated rings. The van der Waals surface area contributed by atoms with Gasteiger partial charge in [-0.1, -0.05) is 29.8 Å². The quantitative estimate of drug-likeness (QED) is 0.338. The van der Waals surface area contributed by atoms with Gasteiger partial charge in [0.05, 0.1) is 18.4 Å². The molecule has 2 aromatic rings. The van der Waals surface area contributed by atoms with Crippen LogP contribution in [0.1, 0.15) is 66.9 Å². The van der Waals surface area contributed by atoms with Gasteiger partial charge in [-0.05, 0) is 105 Å². The van der Waals surface area contributed by atoms with Gasteiger partial charge in [0.25, 0.3) is 5.91 Å². The molecule has 2 N–H and O–H groups in total. The second-order valence-electron chi connectivity index (χ2n) is 13.1. The van der Waals surface area contributed by atoms with Crippen LogP contribution in [0.25, 0.3) is 0 Å². The van der Waals surface area contributed by atoms with Crippen molar-refractivity contribution in [2.24, 2.45) is 11.8 Å². The van der Waals surface area contributed by atoms with Crippen molar-refractivity contribution in [2.75, 3.05) is 44.9 Å². The summed E-state index contributed by atoms with van der Waals surface area (Å²) in [6.45, 7) is 5.01. The highest BCUT2D eigenvalue weighted by atomic mass is 35.5. The third kappa shape index (κ3) is 7.20. The lowest BCUT2D eigenvalue weighted by molar-refractivity contribution is -0.0195. The van der Waals surface area contributed by atoms with Gasteiger partial charge in [-0.25, -0.2) is 4.72 Å². The predicted octanol–water partition coefficient (Wildman–Crippen LogP) is 5.17. The van der Waals surface area contributed by atoms with Gasteiger partial charge in [0.1, 0.15) is 5.75 Å². The first-order chi connectivity index (χ1) is 21.7. The van der Waals surface area contributed by atoms with E-state index in [1.807, 2.05) is 12.1 Å². The van der Waals surface area contributed by atoms with Crippen LogP contribution in [0.2, 0.25) is 5.02 Å². The number of nitrogens with one attached hydrogen (secondary N) is 2. The number of ether oxygens (including phenoxy) is 3. The number of hydrogen-bond donors (Lipinski definition) is 2. The molecular formula is C34H44ClN3O6S. The summed E-state index contributed by atoms with van der Waals surface area (Å²) in [5.74, 6) is 0.710. The Bertz CT molecular complexity index is 1530. The van der Waals surface area contributed by atoms with Gasteiger partial charge in [0.2, 0.25) is 0 Å². The number of hydrogen-bond acceptors (Lipinski definition) is 7. The summed E-state index contributed by atoms with van der Waals surface area (Å²) in [6.07, 6.45) is 10.4. The largest absolute Gasteiger partial charge is 0.490 e. The van der Waals surface area contributed by atoms with Crippen LogP contribution >= 0.6 is 11.6 Å². The van der Waals surface area contributed by atoms with Crippen LogP contribution in [0.5, 0.6) is 5.75 Å². The molecule has 1 spiro atoms. The van der Waals surface area contributed by atoms with Crippen molar-refractivity contribution in [1.82, 2.24) is 9.44 Å². The van der Waals surface area contributed by atoms with Gasteiger partial charge in [0.15, 0.2) is 0 Å². The zero-order valence-electron chi connectivity index (χ0n) is 26.1. The highest BCUT2D eigenvalue weighted by Gasteiger charge is 2.44. The number of methoxy groups -OCH3 is 1. The molecule has 2 bridgehead atoms. The van der Waals surface area contributed by atoms with E-state index in [1.54, 1.807) is 32.2 Å². The summed E-state index contributed by atoms with van der Waals surface area (Å²) in [7, 11) is -2.39. The highest BCUT2D eigenvalue weighted by molar-refractivity contribution is 7.88. The second-order valence-corrected chi connectivity index (χ2v) is 15.0. The Hall–Kier alpha value is -2.63. The Morgan fingerprint density at radius 1 is 1.16 bits per heavy atom. The lowest BCUT2D eigenvalue weighted by atomic mass is 9.68. The molecule has 0 unspecified atom stereocenters. The van der Waals surface area contributed by atoms with E-state index < -0.39 is 22.2 Å². The Morgan fingerprint density at radius 3 is 2.82 bits per heavy atom. The van der Waals surface area contributed by atoms with E-state index in [0.29, 0.717) is 43.8 Å². The molecule has 45 heavy (non-hydrogen) atoms. The van der Waals surface area contributed by atoms with E-state index in [0.717, 1.165) is 62.3 Å². The molecule has 11 heteroatoms. The normalized spacial score (nSPS) is 30.2. The number of nitrogens with zero attached hydrogens (tertiary/aromatic N) is 1. The minimum absolute atomic E-state index is 0.0856. The number of anilines is 1. The Balaban J connectivity index is 1.38. The zero-order chi connectivity index (χ0) is 31.6. The van der Waals surface area contributed by atoms with E-state index in [1.165, 1.54) is 11.1 Å². The number of fused-ring (bicyclic) bond motifs is 4. The summed E-state index contributed by atoms with van der Waals surface area (Å²) in [5.41, 5.74) is 3.36. The van der Waals surface area contributed by atoms with E-state index in [2.05, 4.69) is 32.6 Å². The lowest BCUT2D eigenvalue weighted by Crippen LogP contribution is -2.49. The van der Waals surface area contributed by atoms with E-state index >= 15 is 0 Å². The maximum atomic E-state index is 13.3. The van der Waals surface area contributed by atoms with Gasteiger partial charge in [-0.2, -0.15) is 13.1 Å². The number of carbonyl (C=O) groups is 1. The third-order valence-electron chi connectivity index (χ3n) is 9.85. The molecule has 2 aliphatic heterocycles. The molecule has 6 rings (SSSR count). The van der Waals surface area contributed by atoms with Crippen molar-refractivity contribution in [2.45, 2.75) is 69.4 Å². The van der Waals surface area contributed by atoms with Gasteiger partial charge in [-0.15, -0.1) is 0 Å². The van der Waals surface area contributed by atoms with E-state index in [-0.39, 0.29) is 17.1 Å². The molecule has 2 aliphatic carbocycles. The van der Waals surface area contributed by atoms with Gasteiger partial charge in [-0.3, -0.25) is 4.79 Å². The fraction of sp³-hybridized carbons (Fsp3) is 0.559. The average molecular weight is 658 g/mol. The maximum Gasteiger partial charge on any atom is 0.301 e. The first kappa shape index (κ1) is 32.3. The fourth-order valence-corrected chi connectivity index (χ4v) is 8.72. The van der Waals surface area contributed by atoms with Crippen LogP contribution in [0, 0.1) is 11.8 Å². The molecule has 0 saturated heterocycles. The SMILES string of the molecule is COCCCO[C@H]1/C=C/C[C@H](C)NS(=O)(=O)NC(=O)c2ccc3c(c2)N(C[C@@H]2CC[C@H]21)C[C@@]1(CCCc2cc(Cl)ccc21)CO3. The first-order valence-electron chi connectivity index (χ1n) is 16.1. The molecule has 244 valence electrons. The highest BCUT2D eigenvalue weighted by Crippen LogP contribution is 2.47. The van der Waals surface area contributed by atoms with E-state index in [4.69, 9.17) is 25.8 Å². The molecule has 0 aromatic heterocycles. The molecule has 4 aliphatic rings. The Labute approximate surface area is 271 Å². The molecule has 0 radical (unpaired) electrons. The number of aryl methyl sites for hydroxylation is 1. The number of carbonyl (C=O) groups excluding carboxylic acids is 1. The van der Waals surface area contributed by atoms with Gasteiger partial charge in [0, 0.05) is 55.5 Å². The van der Waals surface area contributed by atoms with Crippen LogP contribution in [0.15, 0.2) is 48.6 Å². The van der Waals surface area contributed by atoms with Crippen molar-refractivity contribution < 1.29 is 27.4 Å². The molecule has 2 aromatic carbocycles. The standard InChI is InChI=1S/C34H44ClN3O6S/c1-23-6-3-8-31(43-17-5-16-42-2)28-12-9-26(28)20-38-21-34(15-4-7-24-18-27(35)11-13-29(24)34)22-44-32-14-10-25(19-30(32)38)33(39)37-45(40,41)36-23/h3,8,10-11,13-14,18-19,23,26,28,31,36H,4-7,9,12,15-17,20-22H2,1-2H3,(H,37,39)/b8-3+/t23-,26-,28+,31-,34-/m0/s1. The topological polar surface area (TPSA) is 106 Å². The van der Waals surface area contributed by atoms with Crippen LogP contribution in [0.3, 0.4) is 0 Å². The number of halogens is 1. The molecule has 1 saturated carbocycles. The Morgan fingerprint density at radius 2 is 2.02 bits per heavy atom. The van der Waals surface area contributed by atoms with Crippen molar-refractivity contribution >= 4 is 33.4 Å². The first-order valence-corrected chi connectivity index (χ1v) is 17.9. The smallest absolute Gasteiger partial charge is 0.301 e. The number of rotatable bonds is 5. The van der Waals surface area contributed by atoms with Crippen molar-refractivity contribution in [3.8, 4) is 5.75 Å². The molecule has 1 amide bonds. The summed E-state index contributed by atoms with van der Waals surface area (Å²) in [6, 6.07) is 11.0. The lowest BCUT2D eigenvalue weighted by Gasteiger charge is -2.46. The number of benzene rings is 2. The molecular weight excluding hydrogens is 614 g/mol. The van der Waals surface area contributed by atoms with Gasteiger partial charge < -0.3 is 19.1 Å². The maximum absolute atomic E-state index is 13.3. The molecule has 5 atom stereocenters. The summed E-state index contributed by atoms with van der Waals surface area (Å²) >= 11 is 6.42.